The Kier molecular flexibility index (Phi) is 4.00. The number of carbonyl (C=O) groups is 1. The molecule has 1 heterocycles. The second-order valence-electron chi connectivity index (χ2n) is 4.98. The minimum atomic E-state index is -0.323. The number of fused-ring (bicyclic) bond motifs is 1. The Morgan fingerprint density at radius 3 is 2.41 bits per heavy atom. The first-order chi connectivity index (χ1) is 10.5. The van der Waals surface area contributed by atoms with Gasteiger partial charge in [-0.2, -0.15) is 0 Å². The molecule has 4 nitrogen and oxygen atoms in total. The smallest absolute Gasteiger partial charge is 0.308 e. The lowest BCUT2D eigenvalue weighted by Crippen LogP contribution is -2.19. The van der Waals surface area contributed by atoms with Crippen molar-refractivity contribution >= 4 is 50.0 Å². The Hall–Kier alpha value is -2.11. The highest BCUT2D eigenvalue weighted by Gasteiger charge is 2.11. The summed E-state index contributed by atoms with van der Waals surface area (Å²) in [7, 11) is 0. The molecular weight excluding hydrogens is 318 g/mol. The summed E-state index contributed by atoms with van der Waals surface area (Å²) in [5, 5.41) is 6.73. The van der Waals surface area contributed by atoms with E-state index in [0.29, 0.717) is 15.8 Å². The van der Waals surface area contributed by atoms with E-state index in [1.807, 2.05) is 19.9 Å². The topological polar surface area (TPSA) is 54.0 Å². The summed E-state index contributed by atoms with van der Waals surface area (Å²) in [4.78, 5) is 16.5. The minimum absolute atomic E-state index is 0.323. The molecule has 2 N–H and O–H groups in total. The molecule has 0 atom stereocenters. The number of nitrogens with zero attached hydrogens (tertiary/aromatic N) is 1. The van der Waals surface area contributed by atoms with Crippen LogP contribution in [0, 0.1) is 13.8 Å². The molecule has 3 aromatic rings. The molecule has 0 aliphatic carbocycles. The molecule has 6 heteroatoms. The zero-order valence-electron chi connectivity index (χ0n) is 12.1. The highest BCUT2D eigenvalue weighted by Crippen LogP contribution is 2.30. The highest BCUT2D eigenvalue weighted by molar-refractivity contribution is 7.22. The van der Waals surface area contributed by atoms with Crippen LogP contribution in [0.15, 0.2) is 36.4 Å². The van der Waals surface area contributed by atoms with E-state index in [1.54, 1.807) is 24.3 Å². The van der Waals surface area contributed by atoms with Gasteiger partial charge in [0.15, 0.2) is 5.13 Å². The van der Waals surface area contributed by atoms with Crippen molar-refractivity contribution in [1.29, 1.82) is 0 Å². The number of thiazole rings is 1. The molecule has 112 valence electrons. The Balaban J connectivity index is 1.78. The average Bonchev–Trinajstić information content (AvgIpc) is 2.90. The molecule has 1 aromatic heterocycles. The number of nitrogens with one attached hydrogen (secondary N) is 2. The van der Waals surface area contributed by atoms with Gasteiger partial charge >= 0.3 is 6.03 Å². The number of benzene rings is 2. The number of amides is 2. The highest BCUT2D eigenvalue weighted by atomic mass is 35.5. The molecule has 0 aliphatic rings. The molecule has 0 unspecified atom stereocenters. The summed E-state index contributed by atoms with van der Waals surface area (Å²) >= 11 is 7.29. The normalized spacial score (nSPS) is 10.7. The lowest BCUT2D eigenvalue weighted by atomic mass is 10.1. The monoisotopic (exact) mass is 331 g/mol. The summed E-state index contributed by atoms with van der Waals surface area (Å²) in [6.45, 7) is 4.05. The van der Waals surface area contributed by atoms with Crippen LogP contribution in [0.3, 0.4) is 0 Å². The Bertz CT molecular complexity index is 803. The lowest BCUT2D eigenvalue weighted by Gasteiger charge is -2.04. The fourth-order valence-corrected chi connectivity index (χ4v) is 3.24. The Labute approximate surface area is 137 Å². The van der Waals surface area contributed by atoms with Crippen LogP contribution in [-0.4, -0.2) is 11.0 Å². The maximum absolute atomic E-state index is 12.0. The van der Waals surface area contributed by atoms with Gasteiger partial charge < -0.3 is 5.32 Å². The van der Waals surface area contributed by atoms with Gasteiger partial charge in [-0.05, 0) is 49.2 Å². The van der Waals surface area contributed by atoms with Gasteiger partial charge in [-0.25, -0.2) is 9.78 Å². The number of aryl methyl sites for hydroxylation is 2. The second kappa shape index (κ2) is 5.94. The van der Waals surface area contributed by atoms with Crippen LogP contribution in [0.1, 0.15) is 11.1 Å². The number of carbonyl (C=O) groups excluding carboxylic acids is 1. The number of anilines is 2. The summed E-state index contributed by atoms with van der Waals surface area (Å²) in [6.07, 6.45) is 0. The summed E-state index contributed by atoms with van der Waals surface area (Å²) < 4.78 is 1.10. The number of aromatic nitrogens is 1. The Morgan fingerprint density at radius 1 is 1.05 bits per heavy atom. The van der Waals surface area contributed by atoms with E-state index in [4.69, 9.17) is 11.6 Å². The van der Waals surface area contributed by atoms with Crippen LogP contribution in [0.5, 0.6) is 0 Å². The molecule has 0 aliphatic heterocycles. The van der Waals surface area contributed by atoms with Crippen molar-refractivity contribution in [3.63, 3.8) is 0 Å². The van der Waals surface area contributed by atoms with Gasteiger partial charge in [-0.1, -0.05) is 35.1 Å². The third-order valence-corrected chi connectivity index (χ3v) is 4.62. The molecule has 2 amide bonds. The van der Waals surface area contributed by atoms with Crippen LogP contribution in [0.2, 0.25) is 5.02 Å². The summed E-state index contributed by atoms with van der Waals surface area (Å²) in [6, 6.07) is 10.7. The quantitative estimate of drug-likeness (QED) is 0.677. The van der Waals surface area contributed by atoms with Crippen molar-refractivity contribution in [2.24, 2.45) is 0 Å². The predicted octanol–water partition coefficient (Wildman–Crippen LogP) is 5.21. The maximum Gasteiger partial charge on any atom is 0.325 e. The largest absolute Gasteiger partial charge is 0.325 e. The molecule has 2 aromatic carbocycles. The van der Waals surface area contributed by atoms with Crippen molar-refractivity contribution in [2.45, 2.75) is 13.8 Å². The van der Waals surface area contributed by atoms with E-state index in [0.717, 1.165) is 21.3 Å². The molecule has 3 rings (SSSR count). The lowest BCUT2D eigenvalue weighted by molar-refractivity contribution is 0.262. The second-order valence-corrected chi connectivity index (χ2v) is 6.42. The minimum Gasteiger partial charge on any atom is -0.308 e. The molecule has 0 saturated carbocycles. The fraction of sp³-hybridized carbons (Fsp3) is 0.125. The first kappa shape index (κ1) is 14.8. The first-order valence-corrected chi connectivity index (χ1v) is 7.93. The third kappa shape index (κ3) is 3.05. The van der Waals surface area contributed by atoms with Crippen molar-refractivity contribution in [1.82, 2.24) is 4.98 Å². The number of hydrogen-bond donors (Lipinski definition) is 2. The molecule has 0 bridgehead atoms. The van der Waals surface area contributed by atoms with E-state index >= 15 is 0 Å². The van der Waals surface area contributed by atoms with Gasteiger partial charge in [0, 0.05) is 10.7 Å². The van der Waals surface area contributed by atoms with E-state index < -0.39 is 0 Å². The molecular formula is C16H14ClN3OS. The Morgan fingerprint density at radius 2 is 1.73 bits per heavy atom. The van der Waals surface area contributed by atoms with Gasteiger partial charge in [0.2, 0.25) is 0 Å². The SMILES string of the molecule is Cc1ccc(C)c2sc(NC(=O)Nc3ccc(Cl)cc3)nc12. The van der Waals surface area contributed by atoms with Crippen molar-refractivity contribution < 1.29 is 4.79 Å². The van der Waals surface area contributed by atoms with Crippen molar-refractivity contribution in [3.8, 4) is 0 Å². The summed E-state index contributed by atoms with van der Waals surface area (Å²) in [5.41, 5.74) is 3.87. The van der Waals surface area contributed by atoms with E-state index in [-0.39, 0.29) is 6.03 Å². The maximum atomic E-state index is 12.0. The van der Waals surface area contributed by atoms with Crippen LogP contribution < -0.4 is 10.6 Å². The number of rotatable bonds is 2. The van der Waals surface area contributed by atoms with E-state index in [9.17, 15) is 4.79 Å². The molecule has 0 fully saturated rings. The van der Waals surface area contributed by atoms with Gasteiger partial charge in [0.05, 0.1) is 10.2 Å². The van der Waals surface area contributed by atoms with Crippen molar-refractivity contribution in [3.05, 3.63) is 52.5 Å². The number of hydrogen-bond acceptors (Lipinski definition) is 3. The molecule has 22 heavy (non-hydrogen) atoms. The van der Waals surface area contributed by atoms with Gasteiger partial charge in [-0.3, -0.25) is 5.32 Å². The standard InChI is InChI=1S/C16H14ClN3OS/c1-9-3-4-10(2)14-13(9)19-16(22-14)20-15(21)18-12-7-5-11(17)6-8-12/h3-8H,1-2H3,(H2,18,19,20,21). The average molecular weight is 332 g/mol. The van der Waals surface area contributed by atoms with Gasteiger partial charge in [0.1, 0.15) is 0 Å². The van der Waals surface area contributed by atoms with Gasteiger partial charge in [-0.15, -0.1) is 0 Å². The van der Waals surface area contributed by atoms with Gasteiger partial charge in [0.25, 0.3) is 0 Å². The van der Waals surface area contributed by atoms with E-state index in [2.05, 4.69) is 21.7 Å². The van der Waals surface area contributed by atoms with Crippen LogP contribution in [0.25, 0.3) is 10.2 Å². The first-order valence-electron chi connectivity index (χ1n) is 6.73. The molecule has 0 saturated heterocycles. The van der Waals surface area contributed by atoms with Crippen LogP contribution in [0.4, 0.5) is 15.6 Å². The van der Waals surface area contributed by atoms with E-state index in [1.165, 1.54) is 11.3 Å². The summed E-state index contributed by atoms with van der Waals surface area (Å²) in [5.74, 6) is 0. The fourth-order valence-electron chi connectivity index (χ4n) is 2.11. The zero-order valence-corrected chi connectivity index (χ0v) is 13.7. The molecule has 0 radical (unpaired) electrons. The number of urea groups is 1. The number of halogens is 1. The predicted molar refractivity (Wildman–Crippen MR) is 93.2 cm³/mol. The van der Waals surface area contributed by atoms with Crippen LogP contribution >= 0.6 is 22.9 Å². The third-order valence-electron chi connectivity index (χ3n) is 3.26. The molecule has 0 spiro atoms. The van der Waals surface area contributed by atoms with Crippen molar-refractivity contribution in [2.75, 3.05) is 10.6 Å². The van der Waals surface area contributed by atoms with Crippen LogP contribution in [-0.2, 0) is 0 Å². The zero-order chi connectivity index (χ0) is 15.7.